The predicted molar refractivity (Wildman–Crippen MR) is 81.4 cm³/mol. The molecule has 0 fully saturated rings. The number of hydrogen-bond acceptors (Lipinski definition) is 2. The summed E-state index contributed by atoms with van der Waals surface area (Å²) in [5.74, 6) is -0.589. The van der Waals surface area contributed by atoms with Crippen molar-refractivity contribution in [1.82, 2.24) is 5.32 Å². The number of halogens is 1. The summed E-state index contributed by atoms with van der Waals surface area (Å²) in [4.78, 5) is 22.8. The number of hydrogen-bond donors (Lipinski definition) is 2. The number of benzene rings is 1. The van der Waals surface area contributed by atoms with Gasteiger partial charge in [0.25, 0.3) is 0 Å². The minimum Gasteiger partial charge on any atom is -0.481 e. The number of amides is 1. The van der Waals surface area contributed by atoms with Crippen LogP contribution >= 0.6 is 15.9 Å². The molecule has 0 radical (unpaired) electrons. The van der Waals surface area contributed by atoms with Crippen molar-refractivity contribution < 1.29 is 14.7 Å². The summed E-state index contributed by atoms with van der Waals surface area (Å²) < 4.78 is 0.863. The van der Waals surface area contributed by atoms with Crippen molar-refractivity contribution in [1.29, 1.82) is 0 Å². The van der Waals surface area contributed by atoms with Gasteiger partial charge in [-0.05, 0) is 30.0 Å². The molecule has 2 N–H and O–H groups in total. The zero-order valence-electron chi connectivity index (χ0n) is 11.7. The van der Waals surface area contributed by atoms with Gasteiger partial charge in [-0.2, -0.15) is 0 Å². The standard InChI is InChI=1S/C15H20BrNO3/c1-10(2)6-7-14(18)17-13(9-15(19)20)11-4-3-5-12(16)8-11/h3-5,8,10,13H,6-7,9H2,1-2H3,(H,17,18)(H,19,20). The second-order valence-electron chi connectivity index (χ2n) is 5.21. The van der Waals surface area contributed by atoms with Gasteiger partial charge >= 0.3 is 5.97 Å². The smallest absolute Gasteiger partial charge is 0.305 e. The first-order chi connectivity index (χ1) is 9.38. The fourth-order valence-corrected chi connectivity index (χ4v) is 2.25. The first kappa shape index (κ1) is 16.7. The van der Waals surface area contributed by atoms with Gasteiger partial charge in [0.1, 0.15) is 0 Å². The van der Waals surface area contributed by atoms with E-state index in [9.17, 15) is 9.59 Å². The molecular formula is C15H20BrNO3. The molecule has 0 saturated heterocycles. The molecule has 0 aliphatic carbocycles. The molecule has 0 aromatic heterocycles. The van der Waals surface area contributed by atoms with Crippen LogP contribution in [0.1, 0.15) is 44.7 Å². The molecule has 1 aromatic carbocycles. The molecule has 20 heavy (non-hydrogen) atoms. The maximum absolute atomic E-state index is 11.9. The van der Waals surface area contributed by atoms with Gasteiger partial charge in [0.05, 0.1) is 12.5 Å². The highest BCUT2D eigenvalue weighted by Gasteiger charge is 2.18. The van der Waals surface area contributed by atoms with Crippen molar-refractivity contribution in [2.24, 2.45) is 5.92 Å². The van der Waals surface area contributed by atoms with E-state index < -0.39 is 12.0 Å². The third-order valence-electron chi connectivity index (χ3n) is 2.91. The quantitative estimate of drug-likeness (QED) is 0.797. The predicted octanol–water partition coefficient (Wildman–Crippen LogP) is 3.52. The molecule has 110 valence electrons. The molecular weight excluding hydrogens is 322 g/mol. The zero-order chi connectivity index (χ0) is 15.1. The SMILES string of the molecule is CC(C)CCC(=O)NC(CC(=O)O)c1cccc(Br)c1. The molecule has 4 nitrogen and oxygen atoms in total. The maximum atomic E-state index is 11.9. The number of rotatable bonds is 7. The number of carboxylic acid groups (broad SMARTS) is 1. The molecule has 1 atom stereocenters. The van der Waals surface area contributed by atoms with Crippen LogP contribution in [0.3, 0.4) is 0 Å². The van der Waals surface area contributed by atoms with Crippen molar-refractivity contribution in [3.05, 3.63) is 34.3 Å². The van der Waals surface area contributed by atoms with Crippen LogP contribution in [-0.4, -0.2) is 17.0 Å². The highest BCUT2D eigenvalue weighted by molar-refractivity contribution is 9.10. The summed E-state index contributed by atoms with van der Waals surface area (Å²) in [6.45, 7) is 4.10. The van der Waals surface area contributed by atoms with Crippen LogP contribution in [-0.2, 0) is 9.59 Å². The average molecular weight is 342 g/mol. The van der Waals surface area contributed by atoms with E-state index in [1.807, 2.05) is 24.3 Å². The van der Waals surface area contributed by atoms with Gasteiger partial charge in [-0.15, -0.1) is 0 Å². The number of aliphatic carboxylic acids is 1. The molecule has 1 amide bonds. The van der Waals surface area contributed by atoms with Crippen LogP contribution in [0.4, 0.5) is 0 Å². The van der Waals surface area contributed by atoms with E-state index in [2.05, 4.69) is 35.1 Å². The largest absolute Gasteiger partial charge is 0.481 e. The topological polar surface area (TPSA) is 66.4 Å². The fourth-order valence-electron chi connectivity index (χ4n) is 1.84. The summed E-state index contributed by atoms with van der Waals surface area (Å²) in [7, 11) is 0. The highest BCUT2D eigenvalue weighted by atomic mass is 79.9. The van der Waals surface area contributed by atoms with Crippen molar-refractivity contribution >= 4 is 27.8 Å². The van der Waals surface area contributed by atoms with Crippen LogP contribution in [0.25, 0.3) is 0 Å². The fraction of sp³-hybridized carbons (Fsp3) is 0.467. The summed E-state index contributed by atoms with van der Waals surface area (Å²) in [5.41, 5.74) is 0.791. The lowest BCUT2D eigenvalue weighted by atomic mass is 10.0. The van der Waals surface area contributed by atoms with E-state index >= 15 is 0 Å². The summed E-state index contributed by atoms with van der Waals surface area (Å²) in [6, 6.07) is 6.85. The zero-order valence-corrected chi connectivity index (χ0v) is 13.3. The van der Waals surface area contributed by atoms with Crippen LogP contribution in [0, 0.1) is 5.92 Å². The van der Waals surface area contributed by atoms with Gasteiger partial charge in [-0.3, -0.25) is 9.59 Å². The Hall–Kier alpha value is -1.36. The first-order valence-corrected chi connectivity index (χ1v) is 7.44. The molecule has 0 spiro atoms. The third kappa shape index (κ3) is 6.19. The molecule has 0 aliphatic heterocycles. The van der Waals surface area contributed by atoms with Crippen molar-refractivity contribution in [3.63, 3.8) is 0 Å². The second-order valence-corrected chi connectivity index (χ2v) is 6.12. The third-order valence-corrected chi connectivity index (χ3v) is 3.41. The highest BCUT2D eigenvalue weighted by Crippen LogP contribution is 2.21. The summed E-state index contributed by atoms with van der Waals surface area (Å²) in [5, 5.41) is 11.8. The molecule has 0 heterocycles. The number of carbonyl (C=O) groups excluding carboxylic acids is 1. The monoisotopic (exact) mass is 341 g/mol. The van der Waals surface area contributed by atoms with Crippen LogP contribution in [0.5, 0.6) is 0 Å². The second kappa shape index (κ2) is 8.04. The summed E-state index contributed by atoms with van der Waals surface area (Å²) >= 11 is 3.35. The molecule has 5 heteroatoms. The molecule has 1 rings (SSSR count). The minimum absolute atomic E-state index is 0.107. The van der Waals surface area contributed by atoms with Gasteiger partial charge in [-0.25, -0.2) is 0 Å². The molecule has 0 aliphatic rings. The lowest BCUT2D eigenvalue weighted by molar-refractivity contribution is -0.137. The Kier molecular flexibility index (Phi) is 6.71. The van der Waals surface area contributed by atoms with Gasteiger partial charge in [-0.1, -0.05) is 41.9 Å². The van der Waals surface area contributed by atoms with E-state index in [0.29, 0.717) is 12.3 Å². The minimum atomic E-state index is -0.931. The van der Waals surface area contributed by atoms with E-state index in [0.717, 1.165) is 16.5 Å². The van der Waals surface area contributed by atoms with Gasteiger partial charge in [0.2, 0.25) is 5.91 Å². The van der Waals surface area contributed by atoms with E-state index in [1.165, 1.54) is 0 Å². The van der Waals surface area contributed by atoms with Crippen molar-refractivity contribution in [3.8, 4) is 0 Å². The first-order valence-electron chi connectivity index (χ1n) is 6.65. The van der Waals surface area contributed by atoms with Crippen LogP contribution in [0.2, 0.25) is 0 Å². The molecule has 1 aromatic rings. The van der Waals surface area contributed by atoms with Gasteiger partial charge in [0, 0.05) is 10.9 Å². The van der Waals surface area contributed by atoms with Crippen LogP contribution < -0.4 is 5.32 Å². The Bertz CT molecular complexity index is 474. The Labute approximate surface area is 127 Å². The van der Waals surface area contributed by atoms with Gasteiger partial charge in [0.15, 0.2) is 0 Å². The van der Waals surface area contributed by atoms with Crippen LogP contribution in [0.15, 0.2) is 28.7 Å². The molecule has 0 saturated carbocycles. The number of carboxylic acids is 1. The Balaban J connectivity index is 2.74. The molecule has 0 bridgehead atoms. The maximum Gasteiger partial charge on any atom is 0.305 e. The Morgan fingerprint density at radius 3 is 2.60 bits per heavy atom. The number of carbonyl (C=O) groups is 2. The Morgan fingerprint density at radius 2 is 2.05 bits per heavy atom. The van der Waals surface area contributed by atoms with Gasteiger partial charge < -0.3 is 10.4 Å². The summed E-state index contributed by atoms with van der Waals surface area (Å²) in [6.07, 6.45) is 1.09. The average Bonchev–Trinajstić information content (AvgIpc) is 2.35. The van der Waals surface area contributed by atoms with E-state index in [4.69, 9.17) is 5.11 Å². The van der Waals surface area contributed by atoms with E-state index in [1.54, 1.807) is 0 Å². The molecule has 1 unspecified atom stereocenters. The normalized spacial score (nSPS) is 12.2. The lowest BCUT2D eigenvalue weighted by Crippen LogP contribution is -2.30. The van der Waals surface area contributed by atoms with E-state index in [-0.39, 0.29) is 12.3 Å². The number of nitrogens with one attached hydrogen (secondary N) is 1. The Morgan fingerprint density at radius 1 is 1.35 bits per heavy atom. The lowest BCUT2D eigenvalue weighted by Gasteiger charge is -2.18. The van der Waals surface area contributed by atoms with Crippen molar-refractivity contribution in [2.45, 2.75) is 39.2 Å². The van der Waals surface area contributed by atoms with Crippen molar-refractivity contribution in [2.75, 3.05) is 0 Å².